The van der Waals surface area contributed by atoms with Gasteiger partial charge in [-0.3, -0.25) is 4.79 Å². The Labute approximate surface area is 128 Å². The fraction of sp³-hybridized carbons (Fsp3) is 0.353. The first-order valence-corrected chi connectivity index (χ1v) is 8.29. The highest BCUT2D eigenvalue weighted by Gasteiger charge is 2.20. The van der Waals surface area contributed by atoms with E-state index in [2.05, 4.69) is 28.7 Å². The van der Waals surface area contributed by atoms with Gasteiger partial charge in [0.2, 0.25) is 0 Å². The predicted octanol–water partition coefficient (Wildman–Crippen LogP) is 2.74. The summed E-state index contributed by atoms with van der Waals surface area (Å²) >= 11 is 1.74. The molecular weight excluding hydrogens is 280 g/mol. The highest BCUT2D eigenvalue weighted by molar-refractivity contribution is 7.07. The average Bonchev–Trinajstić information content (AvgIpc) is 3.01. The minimum atomic E-state index is 0.0818. The highest BCUT2D eigenvalue weighted by Crippen LogP contribution is 2.20. The van der Waals surface area contributed by atoms with Gasteiger partial charge >= 0.3 is 0 Å². The molecule has 3 nitrogen and oxygen atoms in total. The lowest BCUT2D eigenvalue weighted by atomic mass is 9.91. The second-order valence-corrected chi connectivity index (χ2v) is 6.28. The van der Waals surface area contributed by atoms with E-state index in [0.717, 1.165) is 25.8 Å². The van der Waals surface area contributed by atoms with E-state index in [1.807, 2.05) is 10.6 Å². The van der Waals surface area contributed by atoms with E-state index < -0.39 is 0 Å². The minimum Gasteiger partial charge on any atom is -0.310 e. The van der Waals surface area contributed by atoms with E-state index in [-0.39, 0.29) is 5.56 Å². The van der Waals surface area contributed by atoms with Crippen LogP contribution in [0.1, 0.15) is 23.2 Å². The van der Waals surface area contributed by atoms with Gasteiger partial charge in [-0.1, -0.05) is 12.1 Å². The molecule has 2 aromatic heterocycles. The number of nitrogens with one attached hydrogen (secondary N) is 1. The molecule has 2 aromatic rings. The predicted molar refractivity (Wildman–Crippen MR) is 87.9 cm³/mol. The molecule has 1 unspecified atom stereocenters. The van der Waals surface area contributed by atoms with Gasteiger partial charge in [0.15, 0.2) is 0 Å². The fourth-order valence-electron chi connectivity index (χ4n) is 2.98. The summed E-state index contributed by atoms with van der Waals surface area (Å²) in [5.41, 5.74) is 3.92. The number of rotatable bonds is 5. The Morgan fingerprint density at radius 1 is 1.43 bits per heavy atom. The van der Waals surface area contributed by atoms with Crippen molar-refractivity contribution in [2.24, 2.45) is 0 Å². The molecule has 0 saturated heterocycles. The molecule has 110 valence electrons. The maximum absolute atomic E-state index is 11.9. The summed E-state index contributed by atoms with van der Waals surface area (Å²) in [6.07, 6.45) is 4.83. The molecular formula is C17H20N2OS. The summed E-state index contributed by atoms with van der Waals surface area (Å²) in [7, 11) is 0. The Morgan fingerprint density at radius 2 is 2.33 bits per heavy atom. The molecule has 0 bridgehead atoms. The summed E-state index contributed by atoms with van der Waals surface area (Å²) < 4.78 is 1.86. The van der Waals surface area contributed by atoms with Gasteiger partial charge in [0.1, 0.15) is 0 Å². The van der Waals surface area contributed by atoms with Crippen molar-refractivity contribution in [3.63, 3.8) is 0 Å². The monoisotopic (exact) mass is 300 g/mol. The zero-order valence-corrected chi connectivity index (χ0v) is 12.9. The largest absolute Gasteiger partial charge is 0.310 e. The molecule has 1 atom stereocenters. The lowest BCUT2D eigenvalue weighted by molar-refractivity contribution is 0.443. The molecule has 0 amide bonds. The van der Waals surface area contributed by atoms with Crippen molar-refractivity contribution in [1.29, 1.82) is 0 Å². The fourth-order valence-corrected chi connectivity index (χ4v) is 3.65. The van der Waals surface area contributed by atoms with Crippen LogP contribution in [-0.4, -0.2) is 10.6 Å². The van der Waals surface area contributed by atoms with Crippen LogP contribution in [0.15, 0.2) is 46.4 Å². The molecule has 1 aliphatic carbocycles. The van der Waals surface area contributed by atoms with Crippen LogP contribution in [-0.2, 0) is 25.9 Å². The third-order valence-corrected chi connectivity index (χ3v) is 4.80. The van der Waals surface area contributed by atoms with Crippen LogP contribution in [0.2, 0.25) is 0 Å². The third kappa shape index (κ3) is 3.17. The quantitative estimate of drug-likeness (QED) is 0.862. The van der Waals surface area contributed by atoms with Crippen molar-refractivity contribution in [3.05, 3.63) is 68.8 Å². The molecule has 0 aromatic carbocycles. The van der Waals surface area contributed by atoms with Crippen LogP contribution in [0.25, 0.3) is 0 Å². The summed E-state index contributed by atoms with van der Waals surface area (Å²) in [5.74, 6) is 0. The number of pyridine rings is 1. The molecule has 0 aliphatic heterocycles. The smallest absolute Gasteiger partial charge is 0.251 e. The zero-order valence-electron chi connectivity index (χ0n) is 12.0. The first-order valence-electron chi connectivity index (χ1n) is 7.35. The minimum absolute atomic E-state index is 0.0818. The summed E-state index contributed by atoms with van der Waals surface area (Å²) in [4.78, 5) is 11.9. The second kappa shape index (κ2) is 6.41. The van der Waals surface area contributed by atoms with Crippen LogP contribution < -0.4 is 10.9 Å². The second-order valence-electron chi connectivity index (χ2n) is 5.50. The van der Waals surface area contributed by atoms with E-state index in [1.54, 1.807) is 23.5 Å². The summed E-state index contributed by atoms with van der Waals surface area (Å²) in [6, 6.07) is 6.34. The van der Waals surface area contributed by atoms with Crippen LogP contribution in [0.3, 0.4) is 0 Å². The van der Waals surface area contributed by atoms with Gasteiger partial charge in [0.25, 0.3) is 5.56 Å². The van der Waals surface area contributed by atoms with E-state index >= 15 is 0 Å². The van der Waals surface area contributed by atoms with E-state index in [4.69, 9.17) is 0 Å². The van der Waals surface area contributed by atoms with Gasteiger partial charge in [0.05, 0.1) is 0 Å². The molecule has 1 N–H and O–H groups in total. The van der Waals surface area contributed by atoms with Gasteiger partial charge in [0, 0.05) is 30.9 Å². The van der Waals surface area contributed by atoms with Crippen LogP contribution in [0, 0.1) is 0 Å². The molecule has 0 saturated carbocycles. The number of allylic oxidation sites excluding steroid dienone is 1. The van der Waals surface area contributed by atoms with Crippen molar-refractivity contribution >= 4 is 11.3 Å². The number of hydrogen-bond donors (Lipinski definition) is 1. The molecule has 2 heterocycles. The lowest BCUT2D eigenvalue weighted by Gasteiger charge is -2.27. The Bertz CT molecular complexity index is 673. The zero-order chi connectivity index (χ0) is 14.7. The SMILES string of the molecule is C=CCn1c2c(ccc1=O)CC(NCc1ccsc1)CC2. The normalized spacial score (nSPS) is 17.4. The van der Waals surface area contributed by atoms with Crippen LogP contribution in [0.5, 0.6) is 0 Å². The summed E-state index contributed by atoms with van der Waals surface area (Å²) in [5, 5.41) is 7.93. The number of nitrogens with zero attached hydrogens (tertiary/aromatic N) is 1. The lowest BCUT2D eigenvalue weighted by Crippen LogP contribution is -2.36. The van der Waals surface area contributed by atoms with E-state index in [0.29, 0.717) is 12.6 Å². The summed E-state index contributed by atoms with van der Waals surface area (Å²) in [6.45, 7) is 5.28. The third-order valence-electron chi connectivity index (χ3n) is 4.07. The standard InChI is InChI=1S/C17H20N2OS/c1-2-8-19-16-5-4-15(10-14(16)3-6-17(19)20)18-11-13-7-9-21-12-13/h2-3,6-7,9,12,15,18H,1,4-5,8,10-11H2. The Morgan fingerprint density at radius 3 is 3.10 bits per heavy atom. The van der Waals surface area contributed by atoms with E-state index in [9.17, 15) is 4.79 Å². The van der Waals surface area contributed by atoms with Gasteiger partial charge < -0.3 is 9.88 Å². The van der Waals surface area contributed by atoms with Gasteiger partial charge in [-0.15, -0.1) is 6.58 Å². The topological polar surface area (TPSA) is 34.0 Å². The number of fused-ring (bicyclic) bond motifs is 1. The van der Waals surface area contributed by atoms with Crippen LogP contribution >= 0.6 is 11.3 Å². The Balaban J connectivity index is 1.72. The molecule has 1 aliphatic rings. The first kappa shape index (κ1) is 14.3. The molecule has 0 radical (unpaired) electrons. The van der Waals surface area contributed by atoms with Crippen molar-refractivity contribution in [3.8, 4) is 0 Å². The van der Waals surface area contributed by atoms with Gasteiger partial charge in [-0.25, -0.2) is 0 Å². The molecule has 3 rings (SSSR count). The molecule has 0 spiro atoms. The number of aromatic nitrogens is 1. The molecule has 0 fully saturated rings. The Kier molecular flexibility index (Phi) is 4.36. The maximum atomic E-state index is 11.9. The van der Waals surface area contributed by atoms with Crippen molar-refractivity contribution < 1.29 is 0 Å². The first-order chi connectivity index (χ1) is 10.3. The Hall–Kier alpha value is -1.65. The average molecular weight is 300 g/mol. The van der Waals surface area contributed by atoms with E-state index in [1.165, 1.54) is 16.8 Å². The number of thiophene rings is 1. The van der Waals surface area contributed by atoms with Gasteiger partial charge in [-0.05, 0) is 47.2 Å². The maximum Gasteiger partial charge on any atom is 0.251 e. The molecule has 4 heteroatoms. The van der Waals surface area contributed by atoms with Crippen LogP contribution in [0.4, 0.5) is 0 Å². The van der Waals surface area contributed by atoms with Crippen molar-refractivity contribution in [2.45, 2.75) is 38.4 Å². The highest BCUT2D eigenvalue weighted by atomic mass is 32.1. The van der Waals surface area contributed by atoms with Crippen molar-refractivity contribution in [1.82, 2.24) is 9.88 Å². The molecule has 21 heavy (non-hydrogen) atoms. The van der Waals surface area contributed by atoms with Crippen molar-refractivity contribution in [2.75, 3.05) is 0 Å². The van der Waals surface area contributed by atoms with Gasteiger partial charge in [-0.2, -0.15) is 11.3 Å². The number of hydrogen-bond acceptors (Lipinski definition) is 3.